The first-order chi connectivity index (χ1) is 11.0. The average molecular weight is 318 g/mol. The lowest BCUT2D eigenvalue weighted by Crippen LogP contribution is -2.30. The van der Waals surface area contributed by atoms with Crippen molar-refractivity contribution in [1.82, 2.24) is 9.88 Å². The van der Waals surface area contributed by atoms with Crippen LogP contribution < -0.4 is 4.74 Å². The van der Waals surface area contributed by atoms with Gasteiger partial charge in [0.15, 0.2) is 6.61 Å². The number of esters is 1. The monoisotopic (exact) mass is 318 g/mol. The Morgan fingerprint density at radius 3 is 2.61 bits per heavy atom. The van der Waals surface area contributed by atoms with Crippen molar-refractivity contribution in [2.24, 2.45) is 0 Å². The van der Waals surface area contributed by atoms with E-state index < -0.39 is 5.97 Å². The number of amides is 1. The summed E-state index contributed by atoms with van der Waals surface area (Å²) in [6.45, 7) is 1.80. The van der Waals surface area contributed by atoms with Gasteiger partial charge in [0.2, 0.25) is 5.88 Å². The van der Waals surface area contributed by atoms with Crippen molar-refractivity contribution < 1.29 is 23.5 Å². The third kappa shape index (κ3) is 4.57. The van der Waals surface area contributed by atoms with Gasteiger partial charge in [-0.15, -0.1) is 0 Å². The topological polar surface area (TPSA) is 81.9 Å². The van der Waals surface area contributed by atoms with Gasteiger partial charge in [-0.05, 0) is 25.1 Å². The number of pyridine rings is 1. The third-order valence-corrected chi connectivity index (χ3v) is 3.12. The van der Waals surface area contributed by atoms with Crippen molar-refractivity contribution in [3.05, 3.63) is 47.5 Å². The largest absolute Gasteiger partial charge is 0.481 e. The summed E-state index contributed by atoms with van der Waals surface area (Å²) in [4.78, 5) is 29.1. The van der Waals surface area contributed by atoms with E-state index >= 15 is 0 Å². The lowest BCUT2D eigenvalue weighted by Gasteiger charge is -2.15. The highest BCUT2D eigenvalue weighted by Gasteiger charge is 2.15. The van der Waals surface area contributed by atoms with Gasteiger partial charge >= 0.3 is 5.97 Å². The van der Waals surface area contributed by atoms with Crippen molar-refractivity contribution in [1.29, 1.82) is 0 Å². The molecule has 0 radical (unpaired) electrons. The Kier molecular flexibility index (Phi) is 5.35. The van der Waals surface area contributed by atoms with Gasteiger partial charge in [0.25, 0.3) is 5.91 Å². The van der Waals surface area contributed by atoms with Crippen molar-refractivity contribution in [2.45, 2.75) is 13.5 Å². The first kappa shape index (κ1) is 16.5. The van der Waals surface area contributed by atoms with Gasteiger partial charge in [0.1, 0.15) is 11.5 Å². The third-order valence-electron chi connectivity index (χ3n) is 3.12. The van der Waals surface area contributed by atoms with E-state index in [9.17, 15) is 9.59 Å². The molecule has 2 rings (SSSR count). The molecule has 2 aromatic rings. The number of carbonyl (C=O) groups is 2. The van der Waals surface area contributed by atoms with Gasteiger partial charge in [0, 0.05) is 19.3 Å². The number of hydrogen-bond acceptors (Lipinski definition) is 6. The maximum atomic E-state index is 12.0. The molecule has 0 N–H and O–H groups in total. The summed E-state index contributed by atoms with van der Waals surface area (Å²) in [6, 6.07) is 6.69. The number of aryl methyl sites for hydroxylation is 1. The predicted octanol–water partition coefficient (Wildman–Crippen LogP) is 1.81. The highest BCUT2D eigenvalue weighted by Crippen LogP contribution is 2.10. The number of aromatic nitrogens is 1. The van der Waals surface area contributed by atoms with Crippen molar-refractivity contribution in [2.75, 3.05) is 20.8 Å². The SMILES string of the molecule is COc1ccc(C(=O)OCC(=O)N(C)Cc2ccc(C)o2)cn1. The number of nitrogens with zero attached hydrogens (tertiary/aromatic N) is 2. The minimum absolute atomic E-state index is 0.253. The second-order valence-electron chi connectivity index (χ2n) is 4.93. The van der Waals surface area contributed by atoms with E-state index in [1.165, 1.54) is 24.3 Å². The normalized spacial score (nSPS) is 10.2. The van der Waals surface area contributed by atoms with E-state index in [0.29, 0.717) is 18.2 Å². The number of rotatable bonds is 6. The first-order valence-corrected chi connectivity index (χ1v) is 6.96. The van der Waals surface area contributed by atoms with Crippen molar-refractivity contribution >= 4 is 11.9 Å². The van der Waals surface area contributed by atoms with Gasteiger partial charge in [-0.2, -0.15) is 0 Å². The summed E-state index contributed by atoms with van der Waals surface area (Å²) in [7, 11) is 3.10. The predicted molar refractivity (Wildman–Crippen MR) is 81.0 cm³/mol. The van der Waals surface area contributed by atoms with Gasteiger partial charge < -0.3 is 18.8 Å². The lowest BCUT2D eigenvalue weighted by atomic mass is 10.3. The van der Waals surface area contributed by atoms with Crippen LogP contribution in [0.1, 0.15) is 21.9 Å². The number of likely N-dealkylation sites (N-methyl/N-ethyl adjacent to an activating group) is 1. The Balaban J connectivity index is 1.83. The van der Waals surface area contributed by atoms with Crippen LogP contribution >= 0.6 is 0 Å². The number of methoxy groups -OCH3 is 1. The molecule has 7 nitrogen and oxygen atoms in total. The van der Waals surface area contributed by atoms with Gasteiger partial charge in [0.05, 0.1) is 19.2 Å². The molecule has 0 aromatic carbocycles. The van der Waals surface area contributed by atoms with E-state index in [2.05, 4.69) is 4.98 Å². The zero-order chi connectivity index (χ0) is 16.8. The Labute approximate surface area is 133 Å². The molecule has 122 valence electrons. The molecule has 0 aliphatic rings. The van der Waals surface area contributed by atoms with E-state index in [1.54, 1.807) is 19.2 Å². The van der Waals surface area contributed by atoms with Crippen molar-refractivity contribution in [3.63, 3.8) is 0 Å². The maximum absolute atomic E-state index is 12.0. The summed E-state index contributed by atoms with van der Waals surface area (Å²) >= 11 is 0. The summed E-state index contributed by atoms with van der Waals surface area (Å²) in [5.74, 6) is 0.902. The molecule has 0 unspecified atom stereocenters. The van der Waals surface area contributed by atoms with E-state index in [4.69, 9.17) is 13.9 Å². The number of ether oxygens (including phenoxy) is 2. The molecular weight excluding hydrogens is 300 g/mol. The van der Waals surface area contributed by atoms with Gasteiger partial charge in [-0.1, -0.05) is 0 Å². The molecule has 0 aliphatic heterocycles. The van der Waals surface area contributed by atoms with Crippen LogP contribution in [-0.4, -0.2) is 42.5 Å². The summed E-state index contributed by atoms with van der Waals surface area (Å²) in [5.41, 5.74) is 0.253. The van der Waals surface area contributed by atoms with Crippen LogP contribution in [0.5, 0.6) is 5.88 Å². The molecule has 23 heavy (non-hydrogen) atoms. The van der Waals surface area contributed by atoms with Crippen molar-refractivity contribution in [3.8, 4) is 5.88 Å². The van der Waals surface area contributed by atoms with Gasteiger partial charge in [-0.25, -0.2) is 9.78 Å². The second-order valence-corrected chi connectivity index (χ2v) is 4.93. The van der Waals surface area contributed by atoms with E-state index in [1.807, 2.05) is 13.0 Å². The first-order valence-electron chi connectivity index (χ1n) is 6.96. The Bertz CT molecular complexity index is 678. The van der Waals surface area contributed by atoms with Crippen LogP contribution in [0.25, 0.3) is 0 Å². The van der Waals surface area contributed by atoms with Gasteiger partial charge in [-0.3, -0.25) is 4.79 Å². The van der Waals surface area contributed by atoms with Crippen LogP contribution in [0.4, 0.5) is 0 Å². The minimum Gasteiger partial charge on any atom is -0.481 e. The van der Waals surface area contributed by atoms with Crippen LogP contribution in [0, 0.1) is 6.92 Å². The molecule has 0 saturated carbocycles. The van der Waals surface area contributed by atoms with E-state index in [-0.39, 0.29) is 18.1 Å². The number of carbonyl (C=O) groups excluding carboxylic acids is 2. The molecule has 0 saturated heterocycles. The van der Waals surface area contributed by atoms with Crippen LogP contribution in [-0.2, 0) is 16.1 Å². The second kappa shape index (κ2) is 7.44. The molecule has 0 aliphatic carbocycles. The number of hydrogen-bond donors (Lipinski definition) is 0. The highest BCUT2D eigenvalue weighted by molar-refractivity contribution is 5.91. The molecule has 7 heteroatoms. The Morgan fingerprint density at radius 2 is 2.04 bits per heavy atom. The zero-order valence-corrected chi connectivity index (χ0v) is 13.2. The zero-order valence-electron chi connectivity index (χ0n) is 13.2. The standard InChI is InChI=1S/C16H18N2O5/c1-11-4-6-13(23-11)9-18(2)15(19)10-22-16(20)12-5-7-14(21-3)17-8-12/h4-8H,9-10H2,1-3H3. The Morgan fingerprint density at radius 1 is 1.26 bits per heavy atom. The molecule has 0 bridgehead atoms. The summed E-state index contributed by atoms with van der Waals surface area (Å²) in [5, 5.41) is 0. The maximum Gasteiger partial charge on any atom is 0.340 e. The van der Waals surface area contributed by atoms with Crippen LogP contribution in [0.3, 0.4) is 0 Å². The molecule has 1 amide bonds. The van der Waals surface area contributed by atoms with Crippen LogP contribution in [0.15, 0.2) is 34.9 Å². The molecule has 0 spiro atoms. The molecule has 2 aromatic heterocycles. The van der Waals surface area contributed by atoms with Crippen LogP contribution in [0.2, 0.25) is 0 Å². The molecule has 0 atom stereocenters. The lowest BCUT2D eigenvalue weighted by molar-refractivity contribution is -0.134. The Hall–Kier alpha value is -2.83. The molecular formula is C16H18N2O5. The average Bonchev–Trinajstić information content (AvgIpc) is 2.97. The van der Waals surface area contributed by atoms with E-state index in [0.717, 1.165) is 5.76 Å². The summed E-state index contributed by atoms with van der Waals surface area (Å²) < 4.78 is 15.3. The fraction of sp³-hybridized carbons (Fsp3) is 0.312. The molecule has 2 heterocycles. The minimum atomic E-state index is -0.615. The quantitative estimate of drug-likeness (QED) is 0.756. The smallest absolute Gasteiger partial charge is 0.340 e. The fourth-order valence-corrected chi connectivity index (χ4v) is 1.83. The number of furan rings is 1. The highest BCUT2D eigenvalue weighted by atomic mass is 16.5. The summed E-state index contributed by atoms with van der Waals surface area (Å²) in [6.07, 6.45) is 1.33. The molecule has 0 fully saturated rings. The fourth-order valence-electron chi connectivity index (χ4n) is 1.83.